The lowest BCUT2D eigenvalue weighted by molar-refractivity contribution is -0.127. The Morgan fingerprint density at radius 2 is 2.45 bits per heavy atom. The van der Waals surface area contributed by atoms with Gasteiger partial charge in [-0.25, -0.2) is 0 Å². The van der Waals surface area contributed by atoms with Crippen molar-refractivity contribution in [3.05, 3.63) is 0 Å². The summed E-state index contributed by atoms with van der Waals surface area (Å²) in [4.78, 5) is 12.8. The van der Waals surface area contributed by atoms with Crippen molar-refractivity contribution in [3.63, 3.8) is 0 Å². The fourth-order valence-electron chi connectivity index (χ4n) is 1.28. The molecule has 1 aliphatic rings. The highest BCUT2D eigenvalue weighted by molar-refractivity contribution is 5.79. The van der Waals surface area contributed by atoms with E-state index in [0.29, 0.717) is 25.9 Å². The summed E-state index contributed by atoms with van der Waals surface area (Å²) in [5.74, 6) is 0.117. The first-order valence-corrected chi connectivity index (χ1v) is 3.88. The molecule has 1 fully saturated rings. The van der Waals surface area contributed by atoms with Gasteiger partial charge in [-0.1, -0.05) is 0 Å². The summed E-state index contributed by atoms with van der Waals surface area (Å²) >= 11 is 0. The second-order valence-electron chi connectivity index (χ2n) is 2.88. The summed E-state index contributed by atoms with van der Waals surface area (Å²) in [6.07, 6.45) is 1.11. The summed E-state index contributed by atoms with van der Waals surface area (Å²) in [5.41, 5.74) is 5.56. The van der Waals surface area contributed by atoms with Crippen LogP contribution in [0.3, 0.4) is 0 Å². The second-order valence-corrected chi connectivity index (χ2v) is 2.88. The van der Waals surface area contributed by atoms with Crippen LogP contribution in [0.15, 0.2) is 0 Å². The molecule has 4 heteroatoms. The molecule has 1 rings (SSSR count). The molecule has 1 amide bonds. The minimum Gasteiger partial charge on any atom is -0.396 e. The number of rotatable bonds is 3. The zero-order valence-corrected chi connectivity index (χ0v) is 6.49. The van der Waals surface area contributed by atoms with Gasteiger partial charge in [-0.3, -0.25) is 4.79 Å². The second kappa shape index (κ2) is 3.69. The molecule has 64 valence electrons. The number of hydrogen-bond donors (Lipinski definition) is 2. The van der Waals surface area contributed by atoms with E-state index in [0.717, 1.165) is 0 Å². The van der Waals surface area contributed by atoms with Crippen LogP contribution < -0.4 is 5.73 Å². The Morgan fingerprint density at radius 1 is 1.73 bits per heavy atom. The molecular formula is C7H14N2O2. The highest BCUT2D eigenvalue weighted by Crippen LogP contribution is 2.08. The fourth-order valence-corrected chi connectivity index (χ4v) is 1.28. The normalized spacial score (nSPS) is 24.7. The average Bonchev–Trinajstić information content (AvgIpc) is 2.26. The molecular weight excluding hydrogens is 144 g/mol. The van der Waals surface area contributed by atoms with Crippen molar-refractivity contribution in [3.8, 4) is 0 Å². The Balaban J connectivity index is 2.29. The quantitative estimate of drug-likeness (QED) is 0.549. The molecule has 3 N–H and O–H groups in total. The van der Waals surface area contributed by atoms with Crippen LogP contribution in [0.2, 0.25) is 0 Å². The molecule has 0 aromatic carbocycles. The molecule has 1 unspecified atom stereocenters. The third-order valence-electron chi connectivity index (χ3n) is 1.83. The summed E-state index contributed by atoms with van der Waals surface area (Å²) < 4.78 is 0. The minimum absolute atomic E-state index is 0.00110. The molecule has 0 bridgehead atoms. The van der Waals surface area contributed by atoms with Gasteiger partial charge in [-0.05, 0) is 6.42 Å². The lowest BCUT2D eigenvalue weighted by Gasteiger charge is -2.14. The summed E-state index contributed by atoms with van der Waals surface area (Å²) in [5, 5.41) is 8.51. The molecule has 1 saturated heterocycles. The summed E-state index contributed by atoms with van der Waals surface area (Å²) in [7, 11) is 0. The monoisotopic (exact) mass is 158 g/mol. The predicted octanol–water partition coefficient (Wildman–Crippen LogP) is -1.07. The maximum atomic E-state index is 11.1. The molecule has 0 aromatic heterocycles. The largest absolute Gasteiger partial charge is 0.396 e. The zero-order chi connectivity index (χ0) is 8.27. The smallest absolute Gasteiger partial charge is 0.224 e. The van der Waals surface area contributed by atoms with Gasteiger partial charge in [0, 0.05) is 32.2 Å². The lowest BCUT2D eigenvalue weighted by atomic mass is 10.3. The first-order chi connectivity index (χ1) is 5.24. The predicted molar refractivity (Wildman–Crippen MR) is 40.9 cm³/mol. The first kappa shape index (κ1) is 8.49. The number of nitrogens with zero attached hydrogens (tertiary/aromatic N) is 1. The van der Waals surface area contributed by atoms with Gasteiger partial charge in [0.1, 0.15) is 0 Å². The number of likely N-dealkylation sites (tertiary alicyclic amines) is 1. The van der Waals surface area contributed by atoms with Gasteiger partial charge in [0.25, 0.3) is 0 Å². The molecule has 0 radical (unpaired) electrons. The van der Waals surface area contributed by atoms with Gasteiger partial charge in [-0.15, -0.1) is 0 Å². The van der Waals surface area contributed by atoms with E-state index in [4.69, 9.17) is 10.8 Å². The van der Waals surface area contributed by atoms with E-state index in [2.05, 4.69) is 0 Å². The van der Waals surface area contributed by atoms with E-state index in [-0.39, 0.29) is 18.6 Å². The Hall–Kier alpha value is -0.610. The number of aliphatic hydroxyl groups is 1. The van der Waals surface area contributed by atoms with Crippen molar-refractivity contribution in [2.45, 2.75) is 18.9 Å². The van der Waals surface area contributed by atoms with Crippen LogP contribution in [0.4, 0.5) is 0 Å². The van der Waals surface area contributed by atoms with Gasteiger partial charge in [0.05, 0.1) is 0 Å². The van der Waals surface area contributed by atoms with Gasteiger partial charge >= 0.3 is 0 Å². The molecule has 1 heterocycles. The maximum Gasteiger partial charge on any atom is 0.224 e. The number of carbonyl (C=O) groups is 1. The van der Waals surface area contributed by atoms with Crippen molar-refractivity contribution >= 4 is 5.91 Å². The summed E-state index contributed by atoms with van der Waals surface area (Å²) in [6.45, 7) is 1.43. The van der Waals surface area contributed by atoms with Crippen LogP contribution in [0, 0.1) is 0 Å². The van der Waals surface area contributed by atoms with Crippen LogP contribution in [-0.2, 0) is 4.79 Å². The van der Waals surface area contributed by atoms with E-state index in [1.165, 1.54) is 0 Å². The Labute approximate surface area is 66.0 Å². The number of amides is 1. The van der Waals surface area contributed by atoms with Gasteiger partial charge in [-0.2, -0.15) is 0 Å². The minimum atomic E-state index is 0.00110. The molecule has 0 saturated carbocycles. The Kier molecular flexibility index (Phi) is 2.84. The molecule has 1 aliphatic heterocycles. The number of carbonyl (C=O) groups excluding carboxylic acids is 1. The van der Waals surface area contributed by atoms with Gasteiger partial charge < -0.3 is 15.7 Å². The van der Waals surface area contributed by atoms with Crippen LogP contribution >= 0.6 is 0 Å². The SMILES string of the molecule is NC1CC(=O)N(CCCO)C1. The molecule has 0 aliphatic carbocycles. The standard InChI is InChI=1S/C7H14N2O2/c8-6-4-7(11)9(5-6)2-1-3-10/h6,10H,1-5,8H2. The van der Waals surface area contributed by atoms with Crippen molar-refractivity contribution in [1.82, 2.24) is 4.90 Å². The van der Waals surface area contributed by atoms with Gasteiger partial charge in [0.15, 0.2) is 0 Å². The first-order valence-electron chi connectivity index (χ1n) is 3.88. The number of hydrogen-bond acceptors (Lipinski definition) is 3. The lowest BCUT2D eigenvalue weighted by Crippen LogP contribution is -2.29. The number of nitrogens with two attached hydrogens (primary N) is 1. The third kappa shape index (κ3) is 2.17. The molecule has 1 atom stereocenters. The van der Waals surface area contributed by atoms with Gasteiger partial charge in [0.2, 0.25) is 5.91 Å². The number of aliphatic hydroxyl groups excluding tert-OH is 1. The zero-order valence-electron chi connectivity index (χ0n) is 6.49. The van der Waals surface area contributed by atoms with Crippen LogP contribution in [0.5, 0.6) is 0 Å². The average molecular weight is 158 g/mol. The molecule has 0 spiro atoms. The Bertz CT molecular complexity index is 149. The van der Waals surface area contributed by atoms with E-state index in [1.807, 2.05) is 0 Å². The topological polar surface area (TPSA) is 66.6 Å². The molecule has 11 heavy (non-hydrogen) atoms. The summed E-state index contributed by atoms with van der Waals surface area (Å²) in [6, 6.07) is 0.00110. The van der Waals surface area contributed by atoms with E-state index < -0.39 is 0 Å². The molecule has 0 aromatic rings. The van der Waals surface area contributed by atoms with Crippen molar-refractivity contribution in [2.75, 3.05) is 19.7 Å². The molecule has 4 nitrogen and oxygen atoms in total. The van der Waals surface area contributed by atoms with E-state index >= 15 is 0 Å². The van der Waals surface area contributed by atoms with E-state index in [1.54, 1.807) is 4.90 Å². The van der Waals surface area contributed by atoms with Crippen molar-refractivity contribution < 1.29 is 9.90 Å². The maximum absolute atomic E-state index is 11.1. The highest BCUT2D eigenvalue weighted by Gasteiger charge is 2.25. The third-order valence-corrected chi connectivity index (χ3v) is 1.83. The van der Waals surface area contributed by atoms with E-state index in [9.17, 15) is 4.79 Å². The van der Waals surface area contributed by atoms with Crippen LogP contribution in [-0.4, -0.2) is 41.7 Å². The van der Waals surface area contributed by atoms with Crippen molar-refractivity contribution in [2.24, 2.45) is 5.73 Å². The van der Waals surface area contributed by atoms with Crippen LogP contribution in [0.25, 0.3) is 0 Å². The highest BCUT2D eigenvalue weighted by atomic mass is 16.3. The fraction of sp³-hybridized carbons (Fsp3) is 0.857. The van der Waals surface area contributed by atoms with Crippen LogP contribution in [0.1, 0.15) is 12.8 Å². The Morgan fingerprint density at radius 3 is 2.91 bits per heavy atom. The van der Waals surface area contributed by atoms with Crippen molar-refractivity contribution in [1.29, 1.82) is 0 Å².